The lowest BCUT2D eigenvalue weighted by molar-refractivity contribution is 0.329. The van der Waals surface area contributed by atoms with Crippen molar-refractivity contribution in [1.82, 2.24) is 14.9 Å². The van der Waals surface area contributed by atoms with Crippen LogP contribution in [0.5, 0.6) is 0 Å². The molecule has 2 aromatic rings. The molecular weight excluding hydrogens is 186 g/mol. The summed E-state index contributed by atoms with van der Waals surface area (Å²) in [7, 11) is 2.17. The van der Waals surface area contributed by atoms with Gasteiger partial charge >= 0.3 is 0 Å². The number of fused-ring (bicyclic) bond motifs is 3. The summed E-state index contributed by atoms with van der Waals surface area (Å²) in [5, 5.41) is 1.31. The SMILES string of the molecule is CN1CCCc2c([nH]c3ncccc23)C1. The molecule has 3 heterocycles. The average Bonchev–Trinajstić information content (AvgIpc) is 2.46. The van der Waals surface area contributed by atoms with Crippen molar-refractivity contribution in [1.29, 1.82) is 0 Å². The number of nitrogens with one attached hydrogen (secondary N) is 1. The monoisotopic (exact) mass is 201 g/mol. The van der Waals surface area contributed by atoms with Crippen LogP contribution in [0.2, 0.25) is 0 Å². The van der Waals surface area contributed by atoms with Crippen molar-refractivity contribution >= 4 is 11.0 Å². The van der Waals surface area contributed by atoms with Crippen molar-refractivity contribution in [2.45, 2.75) is 19.4 Å². The molecule has 0 atom stereocenters. The molecule has 78 valence electrons. The summed E-state index contributed by atoms with van der Waals surface area (Å²) in [5.41, 5.74) is 3.86. The van der Waals surface area contributed by atoms with Crippen LogP contribution in [0.4, 0.5) is 0 Å². The second-order valence-corrected chi connectivity index (χ2v) is 4.32. The fourth-order valence-corrected chi connectivity index (χ4v) is 2.42. The number of aryl methyl sites for hydroxylation is 1. The second kappa shape index (κ2) is 3.35. The molecule has 0 spiro atoms. The molecule has 0 aromatic carbocycles. The van der Waals surface area contributed by atoms with Crippen LogP contribution in [0, 0.1) is 0 Å². The first kappa shape index (κ1) is 8.92. The molecule has 15 heavy (non-hydrogen) atoms. The van der Waals surface area contributed by atoms with E-state index in [1.807, 2.05) is 12.3 Å². The third kappa shape index (κ3) is 1.43. The van der Waals surface area contributed by atoms with Gasteiger partial charge in [0.15, 0.2) is 0 Å². The molecule has 3 heteroatoms. The Kier molecular flexibility index (Phi) is 1.99. The van der Waals surface area contributed by atoms with Crippen LogP contribution < -0.4 is 0 Å². The molecule has 0 fully saturated rings. The van der Waals surface area contributed by atoms with Crippen LogP contribution in [-0.2, 0) is 13.0 Å². The third-order valence-electron chi connectivity index (χ3n) is 3.16. The van der Waals surface area contributed by atoms with E-state index in [1.165, 1.54) is 36.0 Å². The van der Waals surface area contributed by atoms with E-state index in [2.05, 4.69) is 28.0 Å². The van der Waals surface area contributed by atoms with Gasteiger partial charge in [0.05, 0.1) is 0 Å². The molecule has 0 unspecified atom stereocenters. The molecule has 2 aromatic heterocycles. The fraction of sp³-hybridized carbons (Fsp3) is 0.417. The van der Waals surface area contributed by atoms with Gasteiger partial charge < -0.3 is 9.88 Å². The first-order valence-corrected chi connectivity index (χ1v) is 5.47. The zero-order valence-corrected chi connectivity index (χ0v) is 8.95. The number of H-pyrrole nitrogens is 1. The number of hydrogen-bond acceptors (Lipinski definition) is 2. The van der Waals surface area contributed by atoms with Gasteiger partial charge in [-0.25, -0.2) is 4.98 Å². The van der Waals surface area contributed by atoms with Gasteiger partial charge in [0, 0.05) is 23.8 Å². The van der Waals surface area contributed by atoms with E-state index < -0.39 is 0 Å². The van der Waals surface area contributed by atoms with Gasteiger partial charge in [0.25, 0.3) is 0 Å². The minimum Gasteiger partial charge on any atom is -0.342 e. The van der Waals surface area contributed by atoms with E-state index in [0.717, 1.165) is 12.2 Å². The Labute approximate surface area is 89.1 Å². The molecule has 3 nitrogen and oxygen atoms in total. The van der Waals surface area contributed by atoms with Crippen LogP contribution >= 0.6 is 0 Å². The van der Waals surface area contributed by atoms with E-state index in [1.54, 1.807) is 0 Å². The first-order valence-electron chi connectivity index (χ1n) is 5.47. The van der Waals surface area contributed by atoms with Crippen molar-refractivity contribution in [3.63, 3.8) is 0 Å². The maximum atomic E-state index is 4.37. The highest BCUT2D eigenvalue weighted by molar-refractivity contribution is 5.81. The maximum absolute atomic E-state index is 4.37. The normalized spacial score (nSPS) is 17.7. The van der Waals surface area contributed by atoms with Crippen LogP contribution in [0.25, 0.3) is 11.0 Å². The highest BCUT2D eigenvalue weighted by atomic mass is 15.1. The van der Waals surface area contributed by atoms with Gasteiger partial charge in [0.1, 0.15) is 5.65 Å². The summed E-state index contributed by atoms with van der Waals surface area (Å²) in [6, 6.07) is 4.19. The lowest BCUT2D eigenvalue weighted by Gasteiger charge is -2.11. The number of rotatable bonds is 0. The molecule has 0 radical (unpaired) electrons. The lowest BCUT2D eigenvalue weighted by atomic mass is 10.1. The number of aromatic nitrogens is 2. The third-order valence-corrected chi connectivity index (χ3v) is 3.16. The van der Waals surface area contributed by atoms with Crippen molar-refractivity contribution in [2.24, 2.45) is 0 Å². The minimum atomic E-state index is 1.02. The molecule has 1 N–H and O–H groups in total. The molecular formula is C12H15N3. The summed E-state index contributed by atoms with van der Waals surface area (Å²) < 4.78 is 0. The summed E-state index contributed by atoms with van der Waals surface area (Å²) in [5.74, 6) is 0. The largest absolute Gasteiger partial charge is 0.342 e. The van der Waals surface area contributed by atoms with E-state index in [4.69, 9.17) is 0 Å². The highest BCUT2D eigenvalue weighted by Gasteiger charge is 2.16. The van der Waals surface area contributed by atoms with Crippen LogP contribution in [0.15, 0.2) is 18.3 Å². The van der Waals surface area contributed by atoms with Gasteiger partial charge in [0.2, 0.25) is 0 Å². The maximum Gasteiger partial charge on any atom is 0.137 e. The fourth-order valence-electron chi connectivity index (χ4n) is 2.42. The second-order valence-electron chi connectivity index (χ2n) is 4.32. The van der Waals surface area contributed by atoms with Gasteiger partial charge in [-0.05, 0) is 44.1 Å². The van der Waals surface area contributed by atoms with Crippen molar-refractivity contribution in [2.75, 3.05) is 13.6 Å². The lowest BCUT2D eigenvalue weighted by Crippen LogP contribution is -2.17. The van der Waals surface area contributed by atoms with E-state index >= 15 is 0 Å². The Morgan fingerprint density at radius 3 is 3.33 bits per heavy atom. The Bertz CT molecular complexity index is 487. The standard InChI is InChI=1S/C12H15N3/c1-15-7-3-5-9-10-4-2-6-13-12(10)14-11(9)8-15/h2,4,6H,3,5,7-8H2,1H3,(H,13,14). The number of nitrogens with zero attached hydrogens (tertiary/aromatic N) is 2. The summed E-state index contributed by atoms with van der Waals surface area (Å²) in [6.07, 6.45) is 4.26. The predicted octanol–water partition coefficient (Wildman–Crippen LogP) is 1.94. The average molecular weight is 201 g/mol. The molecule has 0 saturated carbocycles. The number of aromatic amines is 1. The van der Waals surface area contributed by atoms with Crippen molar-refractivity contribution in [3.05, 3.63) is 29.6 Å². The quantitative estimate of drug-likeness (QED) is 0.706. The van der Waals surface area contributed by atoms with E-state index in [0.29, 0.717) is 0 Å². The van der Waals surface area contributed by atoms with Gasteiger partial charge in [-0.2, -0.15) is 0 Å². The topological polar surface area (TPSA) is 31.9 Å². The molecule has 0 bridgehead atoms. The molecule has 1 aliphatic heterocycles. The van der Waals surface area contributed by atoms with Gasteiger partial charge in [-0.1, -0.05) is 0 Å². The predicted molar refractivity (Wildman–Crippen MR) is 60.7 cm³/mol. The smallest absolute Gasteiger partial charge is 0.137 e. The summed E-state index contributed by atoms with van der Waals surface area (Å²) in [4.78, 5) is 10.2. The summed E-state index contributed by atoms with van der Waals surface area (Å²) >= 11 is 0. The Balaban J connectivity index is 2.19. The summed E-state index contributed by atoms with van der Waals surface area (Å²) in [6.45, 7) is 2.20. The zero-order chi connectivity index (χ0) is 10.3. The van der Waals surface area contributed by atoms with Gasteiger partial charge in [-0.3, -0.25) is 0 Å². The van der Waals surface area contributed by atoms with E-state index in [9.17, 15) is 0 Å². The minimum absolute atomic E-state index is 1.02. The molecule has 3 rings (SSSR count). The molecule has 0 amide bonds. The van der Waals surface area contributed by atoms with Crippen LogP contribution in [-0.4, -0.2) is 28.5 Å². The Morgan fingerprint density at radius 2 is 2.40 bits per heavy atom. The molecule has 1 aliphatic rings. The number of pyridine rings is 1. The zero-order valence-electron chi connectivity index (χ0n) is 8.95. The van der Waals surface area contributed by atoms with E-state index in [-0.39, 0.29) is 0 Å². The van der Waals surface area contributed by atoms with Gasteiger partial charge in [-0.15, -0.1) is 0 Å². The Hall–Kier alpha value is -1.35. The highest BCUT2D eigenvalue weighted by Crippen LogP contribution is 2.25. The van der Waals surface area contributed by atoms with Crippen LogP contribution in [0.3, 0.4) is 0 Å². The molecule has 0 aliphatic carbocycles. The Morgan fingerprint density at radius 1 is 1.47 bits per heavy atom. The molecule has 0 saturated heterocycles. The first-order chi connectivity index (χ1) is 7.34. The number of hydrogen-bond donors (Lipinski definition) is 1. The van der Waals surface area contributed by atoms with Crippen molar-refractivity contribution < 1.29 is 0 Å². The van der Waals surface area contributed by atoms with Crippen molar-refractivity contribution in [3.8, 4) is 0 Å². The van der Waals surface area contributed by atoms with Crippen LogP contribution in [0.1, 0.15) is 17.7 Å².